The molecule has 1 heterocycles. The maximum Gasteiger partial charge on any atom is 0.260 e. The molecular weight excluding hydrogens is 418 g/mol. The molecule has 0 fully saturated rings. The van der Waals surface area contributed by atoms with Crippen LogP contribution in [0.3, 0.4) is 0 Å². The van der Waals surface area contributed by atoms with E-state index in [9.17, 15) is 13.2 Å². The van der Waals surface area contributed by atoms with Crippen molar-refractivity contribution in [2.24, 2.45) is 0 Å². The molecule has 0 spiro atoms. The Labute approximate surface area is 182 Å². The minimum Gasteiger partial charge on any atom is -0.309 e. The first-order valence-corrected chi connectivity index (χ1v) is 12.4. The summed E-state index contributed by atoms with van der Waals surface area (Å²) in [6, 6.07) is 10.2. The Morgan fingerprint density at radius 1 is 1.03 bits per heavy atom. The number of rotatable bonds is 7. The molecule has 0 radical (unpaired) electrons. The number of sulfone groups is 1. The summed E-state index contributed by atoms with van der Waals surface area (Å²) < 4.78 is 24.5. The number of hydrogen-bond acceptors (Lipinski definition) is 6. The van der Waals surface area contributed by atoms with E-state index >= 15 is 0 Å². The average Bonchev–Trinajstić information content (AvgIpc) is 3.11. The molecule has 0 saturated carbocycles. The summed E-state index contributed by atoms with van der Waals surface area (Å²) in [5.74, 6) is -0.178. The Bertz CT molecular complexity index is 1170. The van der Waals surface area contributed by atoms with Crippen molar-refractivity contribution in [2.45, 2.75) is 25.2 Å². The molecule has 3 aromatic rings. The van der Waals surface area contributed by atoms with Crippen molar-refractivity contribution in [3.05, 3.63) is 53.1 Å². The second-order valence-electron chi connectivity index (χ2n) is 7.76. The second kappa shape index (κ2) is 8.83. The first kappa shape index (κ1) is 22.4. The van der Waals surface area contributed by atoms with Gasteiger partial charge in [-0.05, 0) is 82.4 Å². The molecule has 0 aliphatic carbocycles. The Morgan fingerprint density at radius 2 is 1.70 bits per heavy atom. The zero-order valence-electron chi connectivity index (χ0n) is 18.0. The SMILES string of the molecule is Cc1ccc2sc(N(CCCN(C)C)C(=O)c3ccc(S(C)(=O)=O)cc3)nc2c1C. The minimum absolute atomic E-state index is 0.178. The highest BCUT2D eigenvalue weighted by Gasteiger charge is 2.22. The van der Waals surface area contributed by atoms with Crippen LogP contribution in [0.5, 0.6) is 0 Å². The molecule has 0 N–H and O–H groups in total. The Hall–Kier alpha value is -2.29. The van der Waals surface area contributed by atoms with E-state index in [1.165, 1.54) is 29.0 Å². The van der Waals surface area contributed by atoms with Crippen molar-refractivity contribution >= 4 is 42.4 Å². The Balaban J connectivity index is 1.98. The zero-order valence-corrected chi connectivity index (χ0v) is 19.6. The number of thiazole rings is 1. The number of carbonyl (C=O) groups is 1. The topological polar surface area (TPSA) is 70.6 Å². The normalized spacial score (nSPS) is 11.9. The average molecular weight is 446 g/mol. The number of hydrogen-bond donors (Lipinski definition) is 0. The number of fused-ring (bicyclic) bond motifs is 1. The van der Waals surface area contributed by atoms with Crippen LogP contribution in [0.1, 0.15) is 27.9 Å². The number of amides is 1. The highest BCUT2D eigenvalue weighted by molar-refractivity contribution is 7.90. The van der Waals surface area contributed by atoms with Crippen LogP contribution in [0, 0.1) is 13.8 Å². The van der Waals surface area contributed by atoms with E-state index in [4.69, 9.17) is 4.98 Å². The minimum atomic E-state index is -3.31. The lowest BCUT2D eigenvalue weighted by Crippen LogP contribution is -2.33. The molecule has 3 rings (SSSR count). The molecule has 0 aliphatic rings. The van der Waals surface area contributed by atoms with Crippen molar-refractivity contribution in [3.8, 4) is 0 Å². The molecule has 0 aliphatic heterocycles. The summed E-state index contributed by atoms with van der Waals surface area (Å²) in [6.45, 7) is 5.48. The molecule has 1 aromatic heterocycles. The van der Waals surface area contributed by atoms with Gasteiger partial charge in [0.05, 0.1) is 15.1 Å². The molecular formula is C22H27N3O3S2. The first-order chi connectivity index (χ1) is 14.1. The summed E-state index contributed by atoms with van der Waals surface area (Å²) in [6.07, 6.45) is 1.96. The molecule has 160 valence electrons. The molecule has 0 saturated heterocycles. The van der Waals surface area contributed by atoms with Crippen LogP contribution in [-0.2, 0) is 9.84 Å². The number of benzene rings is 2. The summed E-state index contributed by atoms with van der Waals surface area (Å²) >= 11 is 1.50. The standard InChI is InChI=1S/C22H27N3O3S2/c1-15-7-12-19-20(16(15)2)23-22(29-19)25(14-6-13-24(3)4)21(26)17-8-10-18(11-9-17)30(5,27)28/h7-12H,6,13-14H2,1-5H3. The summed E-state index contributed by atoms with van der Waals surface area (Å²) in [5, 5.41) is 0.662. The molecule has 0 atom stereocenters. The van der Waals surface area contributed by atoms with E-state index in [-0.39, 0.29) is 10.8 Å². The van der Waals surface area contributed by atoms with Gasteiger partial charge < -0.3 is 4.90 Å². The molecule has 8 heteroatoms. The molecule has 0 bridgehead atoms. The fourth-order valence-electron chi connectivity index (χ4n) is 3.16. The van der Waals surface area contributed by atoms with Crippen molar-refractivity contribution in [1.82, 2.24) is 9.88 Å². The van der Waals surface area contributed by atoms with E-state index < -0.39 is 9.84 Å². The van der Waals surface area contributed by atoms with Gasteiger partial charge in [0.15, 0.2) is 15.0 Å². The number of anilines is 1. The third kappa shape index (κ3) is 4.88. The van der Waals surface area contributed by atoms with Crippen LogP contribution < -0.4 is 4.90 Å². The van der Waals surface area contributed by atoms with E-state index in [0.717, 1.165) is 35.0 Å². The van der Waals surface area contributed by atoms with Crippen LogP contribution in [0.4, 0.5) is 5.13 Å². The van der Waals surface area contributed by atoms with Gasteiger partial charge in [0.1, 0.15) is 0 Å². The van der Waals surface area contributed by atoms with Gasteiger partial charge in [-0.15, -0.1) is 0 Å². The first-order valence-electron chi connectivity index (χ1n) is 9.71. The molecule has 6 nitrogen and oxygen atoms in total. The number of aromatic nitrogens is 1. The summed E-state index contributed by atoms with van der Waals surface area (Å²) in [5.41, 5.74) is 3.65. The van der Waals surface area contributed by atoms with Gasteiger partial charge in [0.2, 0.25) is 0 Å². The van der Waals surface area contributed by atoms with Crippen LogP contribution in [0.2, 0.25) is 0 Å². The largest absolute Gasteiger partial charge is 0.309 e. The van der Waals surface area contributed by atoms with Crippen molar-refractivity contribution in [1.29, 1.82) is 0 Å². The van der Waals surface area contributed by atoms with Crippen LogP contribution in [-0.4, -0.2) is 57.6 Å². The fourth-order valence-corrected chi connectivity index (χ4v) is 4.84. The smallest absolute Gasteiger partial charge is 0.260 e. The van der Waals surface area contributed by atoms with E-state index in [1.54, 1.807) is 17.0 Å². The predicted molar refractivity (Wildman–Crippen MR) is 123 cm³/mol. The Morgan fingerprint density at radius 3 is 2.30 bits per heavy atom. The van der Waals surface area contributed by atoms with Gasteiger partial charge >= 0.3 is 0 Å². The van der Waals surface area contributed by atoms with Gasteiger partial charge in [0, 0.05) is 18.4 Å². The van der Waals surface area contributed by atoms with Gasteiger partial charge in [-0.2, -0.15) is 0 Å². The van der Waals surface area contributed by atoms with E-state index in [2.05, 4.69) is 17.9 Å². The van der Waals surface area contributed by atoms with Crippen molar-refractivity contribution < 1.29 is 13.2 Å². The van der Waals surface area contributed by atoms with Gasteiger partial charge in [-0.25, -0.2) is 13.4 Å². The summed E-state index contributed by atoms with van der Waals surface area (Å²) in [7, 11) is 0.691. The maximum atomic E-state index is 13.3. The molecule has 30 heavy (non-hydrogen) atoms. The van der Waals surface area contributed by atoms with Crippen molar-refractivity contribution in [3.63, 3.8) is 0 Å². The maximum absolute atomic E-state index is 13.3. The lowest BCUT2D eigenvalue weighted by molar-refractivity contribution is 0.0986. The Kier molecular flexibility index (Phi) is 6.59. The zero-order chi connectivity index (χ0) is 22.1. The van der Waals surface area contributed by atoms with Crippen molar-refractivity contribution in [2.75, 3.05) is 38.3 Å². The summed E-state index contributed by atoms with van der Waals surface area (Å²) in [4.78, 5) is 22.1. The van der Waals surface area contributed by atoms with Crippen LogP contribution >= 0.6 is 11.3 Å². The third-order valence-corrected chi connectivity index (χ3v) is 7.24. The molecule has 1 amide bonds. The van der Waals surface area contributed by atoms with Crippen LogP contribution in [0.25, 0.3) is 10.2 Å². The van der Waals surface area contributed by atoms with Gasteiger partial charge in [-0.1, -0.05) is 17.4 Å². The highest BCUT2D eigenvalue weighted by Crippen LogP contribution is 2.32. The van der Waals surface area contributed by atoms with Gasteiger partial charge in [-0.3, -0.25) is 9.69 Å². The molecule has 0 unspecified atom stereocenters. The third-order valence-electron chi connectivity index (χ3n) is 5.07. The number of aryl methyl sites for hydroxylation is 2. The lowest BCUT2D eigenvalue weighted by Gasteiger charge is -2.21. The molecule has 2 aromatic carbocycles. The van der Waals surface area contributed by atoms with E-state index in [0.29, 0.717) is 17.2 Å². The lowest BCUT2D eigenvalue weighted by atomic mass is 10.1. The fraction of sp³-hybridized carbons (Fsp3) is 0.364. The number of carbonyl (C=O) groups excluding carboxylic acids is 1. The number of nitrogens with zero attached hydrogens (tertiary/aromatic N) is 3. The van der Waals surface area contributed by atoms with Gasteiger partial charge in [0.25, 0.3) is 5.91 Å². The van der Waals surface area contributed by atoms with Crippen LogP contribution in [0.15, 0.2) is 41.3 Å². The monoisotopic (exact) mass is 445 g/mol. The second-order valence-corrected chi connectivity index (χ2v) is 10.8. The predicted octanol–water partition coefficient (Wildman–Crippen LogP) is 3.92. The quantitative estimate of drug-likeness (QED) is 0.551. The van der Waals surface area contributed by atoms with E-state index in [1.807, 2.05) is 27.1 Å². The highest BCUT2D eigenvalue weighted by atomic mass is 32.2.